The molecule has 2 aromatic rings. The topological polar surface area (TPSA) is 81.4 Å². The van der Waals surface area contributed by atoms with Crippen molar-refractivity contribution >= 4 is 11.5 Å². The Kier molecular flexibility index (Phi) is 7.87. The van der Waals surface area contributed by atoms with Gasteiger partial charge in [-0.25, -0.2) is 4.85 Å². The van der Waals surface area contributed by atoms with Crippen LogP contribution in [-0.2, 0) is 0 Å². The van der Waals surface area contributed by atoms with Crippen molar-refractivity contribution in [3.8, 4) is 11.5 Å². The summed E-state index contributed by atoms with van der Waals surface area (Å²) in [7, 11) is 0. The van der Waals surface area contributed by atoms with Crippen molar-refractivity contribution in [2.45, 2.75) is 52.7 Å². The maximum absolute atomic E-state index is 8.48. The van der Waals surface area contributed by atoms with Gasteiger partial charge in [0.1, 0.15) is 22.7 Å². The molecular formula is C22H29N3O3. The molecule has 0 saturated heterocycles. The minimum atomic E-state index is -0.224. The molecule has 0 aliphatic carbocycles. The largest absolute Gasteiger partial charge is 0.488 e. The van der Waals surface area contributed by atoms with Crippen LogP contribution < -0.4 is 15.2 Å². The summed E-state index contributed by atoms with van der Waals surface area (Å²) in [6.07, 6.45) is 0. The van der Waals surface area contributed by atoms with E-state index in [9.17, 15) is 0 Å². The van der Waals surface area contributed by atoms with E-state index in [4.69, 9.17) is 27.0 Å². The van der Waals surface area contributed by atoms with Gasteiger partial charge in [-0.05, 0) is 77.9 Å². The van der Waals surface area contributed by atoms with Gasteiger partial charge in [0.05, 0.1) is 6.57 Å². The summed E-state index contributed by atoms with van der Waals surface area (Å²) in [6, 6.07) is 14.2. The summed E-state index contributed by atoms with van der Waals surface area (Å²) >= 11 is 0. The van der Waals surface area contributed by atoms with Gasteiger partial charge in [-0.1, -0.05) is 17.3 Å². The van der Waals surface area contributed by atoms with Crippen LogP contribution in [0.5, 0.6) is 11.5 Å². The lowest BCUT2D eigenvalue weighted by molar-refractivity contribution is 0.130. The molecule has 0 aliphatic rings. The van der Waals surface area contributed by atoms with E-state index in [1.807, 2.05) is 53.7 Å². The number of ether oxygens (including phenoxy) is 2. The monoisotopic (exact) mass is 383 g/mol. The third-order valence-corrected chi connectivity index (χ3v) is 3.07. The number of benzene rings is 2. The second kappa shape index (κ2) is 9.65. The van der Waals surface area contributed by atoms with Gasteiger partial charge in [0, 0.05) is 5.56 Å². The van der Waals surface area contributed by atoms with Gasteiger partial charge >= 0.3 is 0 Å². The molecule has 2 aromatic carbocycles. The maximum Gasteiger partial charge on any atom is 0.187 e. The highest BCUT2D eigenvalue weighted by molar-refractivity contribution is 5.97. The molecule has 0 fully saturated rings. The maximum atomic E-state index is 8.48. The number of hydrogen-bond donors (Lipinski definition) is 2. The van der Waals surface area contributed by atoms with Crippen molar-refractivity contribution in [3.63, 3.8) is 0 Å². The van der Waals surface area contributed by atoms with Crippen LogP contribution in [0.2, 0.25) is 0 Å². The number of rotatable bonds is 3. The van der Waals surface area contributed by atoms with Crippen LogP contribution in [0.4, 0.5) is 5.69 Å². The van der Waals surface area contributed by atoms with Crippen LogP contribution in [0.3, 0.4) is 0 Å². The van der Waals surface area contributed by atoms with Gasteiger partial charge in [-0.2, -0.15) is 0 Å². The van der Waals surface area contributed by atoms with Gasteiger partial charge in [-0.15, -0.1) is 0 Å². The second-order valence-electron chi connectivity index (χ2n) is 8.04. The zero-order valence-corrected chi connectivity index (χ0v) is 17.4. The highest BCUT2D eigenvalue weighted by Gasteiger charge is 2.12. The van der Waals surface area contributed by atoms with E-state index in [1.165, 1.54) is 0 Å². The Balaban J connectivity index is 0.000000283. The van der Waals surface area contributed by atoms with Crippen molar-refractivity contribution in [1.82, 2.24) is 0 Å². The van der Waals surface area contributed by atoms with E-state index in [2.05, 4.69) is 10.0 Å². The Morgan fingerprint density at radius 2 is 1.25 bits per heavy atom. The molecule has 3 N–H and O–H groups in total. The molecule has 0 spiro atoms. The van der Waals surface area contributed by atoms with E-state index < -0.39 is 0 Å². The SMILES string of the molecule is CC(C)(C)Oc1ccc(/C(N)=N/O)cc1.[C-]#[N+]c1ccc(OC(C)(C)C)cc1. The lowest BCUT2D eigenvalue weighted by Crippen LogP contribution is -2.23. The highest BCUT2D eigenvalue weighted by atomic mass is 16.5. The molecule has 6 nitrogen and oxygen atoms in total. The molecular weight excluding hydrogens is 354 g/mol. The summed E-state index contributed by atoms with van der Waals surface area (Å²) in [6.45, 7) is 18.7. The Bertz CT molecular complexity index is 807. The molecule has 0 aromatic heterocycles. The van der Waals surface area contributed by atoms with Crippen LogP contribution in [0.1, 0.15) is 47.1 Å². The zero-order chi connectivity index (χ0) is 21.4. The minimum absolute atomic E-state index is 0.0947. The van der Waals surface area contributed by atoms with Gasteiger partial charge in [0.2, 0.25) is 0 Å². The van der Waals surface area contributed by atoms with Crippen LogP contribution in [0.25, 0.3) is 4.85 Å². The van der Waals surface area contributed by atoms with Gasteiger partial charge in [0.15, 0.2) is 11.5 Å². The Hall–Kier alpha value is -3.20. The molecule has 0 radical (unpaired) electrons. The van der Waals surface area contributed by atoms with Crippen LogP contribution in [0.15, 0.2) is 53.7 Å². The lowest BCUT2D eigenvalue weighted by Gasteiger charge is -2.21. The summed E-state index contributed by atoms with van der Waals surface area (Å²) in [4.78, 5) is 3.30. The lowest BCUT2D eigenvalue weighted by atomic mass is 10.1. The second-order valence-corrected chi connectivity index (χ2v) is 8.04. The normalized spacial score (nSPS) is 11.7. The third-order valence-electron chi connectivity index (χ3n) is 3.07. The molecule has 0 aliphatic heterocycles. The molecule has 0 heterocycles. The van der Waals surface area contributed by atoms with E-state index in [-0.39, 0.29) is 17.0 Å². The molecule has 0 atom stereocenters. The first-order chi connectivity index (χ1) is 12.9. The summed E-state index contributed by atoms with van der Waals surface area (Å²) in [5.41, 5.74) is 6.33. The van der Waals surface area contributed by atoms with Crippen LogP contribution in [0, 0.1) is 6.57 Å². The number of oxime groups is 1. The van der Waals surface area contributed by atoms with Crippen molar-refractivity contribution < 1.29 is 14.7 Å². The molecule has 2 rings (SSSR count). The summed E-state index contributed by atoms with van der Waals surface area (Å²) in [5.74, 6) is 1.66. The molecule has 0 amide bonds. The number of hydrogen-bond acceptors (Lipinski definition) is 4. The minimum Gasteiger partial charge on any atom is -0.488 e. The highest BCUT2D eigenvalue weighted by Crippen LogP contribution is 2.21. The average molecular weight is 383 g/mol. The quantitative estimate of drug-likeness (QED) is 0.245. The van der Waals surface area contributed by atoms with E-state index in [0.717, 1.165) is 11.5 Å². The van der Waals surface area contributed by atoms with Crippen molar-refractivity contribution in [1.29, 1.82) is 0 Å². The smallest absolute Gasteiger partial charge is 0.187 e. The van der Waals surface area contributed by atoms with Crippen LogP contribution >= 0.6 is 0 Å². The summed E-state index contributed by atoms with van der Waals surface area (Å²) in [5, 5.41) is 11.4. The predicted molar refractivity (Wildman–Crippen MR) is 112 cm³/mol. The van der Waals surface area contributed by atoms with Gasteiger partial charge in [-0.3, -0.25) is 0 Å². The molecule has 6 heteroatoms. The Morgan fingerprint density at radius 3 is 1.57 bits per heavy atom. The Labute approximate surface area is 167 Å². The predicted octanol–water partition coefficient (Wildman–Crippen LogP) is 5.37. The average Bonchev–Trinajstić information content (AvgIpc) is 2.60. The van der Waals surface area contributed by atoms with Gasteiger partial charge < -0.3 is 20.4 Å². The van der Waals surface area contributed by atoms with Crippen molar-refractivity contribution in [3.05, 3.63) is 65.5 Å². The first kappa shape index (κ1) is 22.8. The molecule has 0 unspecified atom stereocenters. The summed E-state index contributed by atoms with van der Waals surface area (Å²) < 4.78 is 11.2. The first-order valence-corrected chi connectivity index (χ1v) is 8.87. The van der Waals surface area contributed by atoms with E-state index >= 15 is 0 Å². The standard InChI is InChI=1S/C11H16N2O2.C11H13NO/c1-11(2,3)15-9-6-4-8(5-7-9)10(12)13-14;1-11(2,3)13-10-7-5-9(12-4)6-8-10/h4-7,14H,1-3H3,(H2,12,13);5-8H,1-3H3. The first-order valence-electron chi connectivity index (χ1n) is 8.87. The van der Waals surface area contributed by atoms with E-state index in [1.54, 1.807) is 36.4 Å². The third kappa shape index (κ3) is 8.95. The van der Waals surface area contributed by atoms with Crippen LogP contribution in [-0.4, -0.2) is 22.2 Å². The molecule has 150 valence electrons. The Morgan fingerprint density at radius 1 is 0.857 bits per heavy atom. The number of nitrogens with zero attached hydrogens (tertiary/aromatic N) is 2. The van der Waals surface area contributed by atoms with Crippen molar-refractivity contribution in [2.75, 3.05) is 0 Å². The van der Waals surface area contributed by atoms with Gasteiger partial charge in [0.25, 0.3) is 0 Å². The molecule has 0 saturated carbocycles. The van der Waals surface area contributed by atoms with Crippen molar-refractivity contribution in [2.24, 2.45) is 10.9 Å². The fraction of sp³-hybridized carbons (Fsp3) is 0.364. The number of amidine groups is 1. The fourth-order valence-electron chi connectivity index (χ4n) is 2.05. The molecule has 0 bridgehead atoms. The van der Waals surface area contributed by atoms with E-state index in [0.29, 0.717) is 11.3 Å². The molecule has 28 heavy (non-hydrogen) atoms. The number of nitrogens with two attached hydrogens (primary N) is 1. The fourth-order valence-corrected chi connectivity index (χ4v) is 2.05. The zero-order valence-electron chi connectivity index (χ0n) is 17.4.